The molecule has 0 heterocycles. The lowest BCUT2D eigenvalue weighted by Gasteiger charge is -2.02. The summed E-state index contributed by atoms with van der Waals surface area (Å²) >= 11 is 0. The summed E-state index contributed by atoms with van der Waals surface area (Å²) in [5, 5.41) is 0. The van der Waals surface area contributed by atoms with E-state index >= 15 is 0 Å². The summed E-state index contributed by atoms with van der Waals surface area (Å²) in [5.41, 5.74) is 2.60. The van der Waals surface area contributed by atoms with Crippen LogP contribution in [0, 0.1) is 0 Å². The SMILES string of the molecule is COCCONCCCF. The normalized spacial score (nSPS) is 10.2. The topological polar surface area (TPSA) is 30.5 Å². The van der Waals surface area contributed by atoms with Crippen LogP contribution in [0.3, 0.4) is 0 Å². The Balaban J connectivity index is 2.65. The Hall–Kier alpha value is -0.190. The van der Waals surface area contributed by atoms with E-state index in [1.807, 2.05) is 0 Å². The van der Waals surface area contributed by atoms with E-state index in [9.17, 15) is 4.39 Å². The molecular weight excluding hydrogens is 137 g/mol. The van der Waals surface area contributed by atoms with Gasteiger partial charge >= 0.3 is 0 Å². The van der Waals surface area contributed by atoms with E-state index in [4.69, 9.17) is 9.57 Å². The van der Waals surface area contributed by atoms with Gasteiger partial charge in [0.1, 0.15) is 0 Å². The Morgan fingerprint density at radius 3 is 2.80 bits per heavy atom. The third-order valence-electron chi connectivity index (χ3n) is 0.904. The van der Waals surface area contributed by atoms with Crippen molar-refractivity contribution in [2.24, 2.45) is 0 Å². The van der Waals surface area contributed by atoms with Crippen molar-refractivity contribution in [3.8, 4) is 0 Å². The lowest BCUT2D eigenvalue weighted by molar-refractivity contribution is 0.00609. The molecule has 1 N–H and O–H groups in total. The fourth-order valence-electron chi connectivity index (χ4n) is 0.408. The number of hydrogen-bond donors (Lipinski definition) is 1. The highest BCUT2D eigenvalue weighted by Gasteiger charge is 1.86. The van der Waals surface area contributed by atoms with Crippen LogP contribution in [0.4, 0.5) is 4.39 Å². The van der Waals surface area contributed by atoms with Gasteiger partial charge in [-0.05, 0) is 6.42 Å². The third kappa shape index (κ3) is 7.81. The summed E-state index contributed by atoms with van der Waals surface area (Å²) < 4.78 is 16.2. The van der Waals surface area contributed by atoms with Gasteiger partial charge in [0.15, 0.2) is 0 Å². The van der Waals surface area contributed by atoms with Gasteiger partial charge in [0.05, 0.1) is 19.9 Å². The standard InChI is InChI=1S/C6H14FNO2/c1-9-5-6-10-8-4-2-3-7/h8H,2-6H2,1H3. The maximum absolute atomic E-state index is 11.4. The number of halogens is 1. The van der Waals surface area contributed by atoms with Crippen molar-refractivity contribution in [2.75, 3.05) is 33.5 Å². The van der Waals surface area contributed by atoms with Crippen molar-refractivity contribution in [1.29, 1.82) is 0 Å². The van der Waals surface area contributed by atoms with E-state index in [2.05, 4.69) is 5.48 Å². The minimum absolute atomic E-state index is 0.305. The van der Waals surface area contributed by atoms with Crippen LogP contribution in [0.2, 0.25) is 0 Å². The largest absolute Gasteiger partial charge is 0.382 e. The number of ether oxygens (including phenoxy) is 1. The van der Waals surface area contributed by atoms with Crippen LogP contribution in [0.15, 0.2) is 0 Å². The molecule has 0 aliphatic heterocycles. The molecule has 0 radical (unpaired) electrons. The summed E-state index contributed by atoms with van der Waals surface area (Å²) in [7, 11) is 1.60. The van der Waals surface area contributed by atoms with Crippen molar-refractivity contribution < 1.29 is 14.0 Å². The molecular formula is C6H14FNO2. The van der Waals surface area contributed by atoms with Gasteiger partial charge in [0.2, 0.25) is 0 Å². The first kappa shape index (κ1) is 9.81. The Bertz CT molecular complexity index is 55.7. The molecule has 4 heteroatoms. The first-order chi connectivity index (χ1) is 4.91. The Labute approximate surface area is 60.5 Å². The maximum Gasteiger partial charge on any atom is 0.0915 e. The summed E-state index contributed by atoms with van der Waals surface area (Å²) in [6.45, 7) is 1.31. The number of hydroxylamine groups is 1. The molecule has 0 saturated heterocycles. The second kappa shape index (κ2) is 8.81. The smallest absolute Gasteiger partial charge is 0.0915 e. The molecule has 0 aliphatic rings. The highest BCUT2D eigenvalue weighted by Crippen LogP contribution is 1.77. The molecule has 3 nitrogen and oxygen atoms in total. The Morgan fingerprint density at radius 2 is 2.20 bits per heavy atom. The molecule has 0 aromatic carbocycles. The van der Waals surface area contributed by atoms with Crippen LogP contribution in [-0.4, -0.2) is 33.5 Å². The molecule has 62 valence electrons. The van der Waals surface area contributed by atoms with E-state index in [1.54, 1.807) is 7.11 Å². The molecule has 0 rings (SSSR count). The number of nitrogens with one attached hydrogen (secondary N) is 1. The van der Waals surface area contributed by atoms with E-state index in [1.165, 1.54) is 0 Å². The first-order valence-corrected chi connectivity index (χ1v) is 3.31. The summed E-state index contributed by atoms with van der Waals surface area (Å²) in [6, 6.07) is 0. The highest BCUT2D eigenvalue weighted by atomic mass is 19.1. The van der Waals surface area contributed by atoms with Gasteiger partial charge in [-0.2, -0.15) is 0 Å². The molecule has 0 amide bonds. The van der Waals surface area contributed by atoms with E-state index in [0.29, 0.717) is 26.2 Å². The van der Waals surface area contributed by atoms with Crippen molar-refractivity contribution in [3.05, 3.63) is 0 Å². The second-order valence-electron chi connectivity index (χ2n) is 1.78. The van der Waals surface area contributed by atoms with Crippen LogP contribution < -0.4 is 5.48 Å². The minimum atomic E-state index is -0.305. The first-order valence-electron chi connectivity index (χ1n) is 3.31. The molecule has 10 heavy (non-hydrogen) atoms. The summed E-state index contributed by atoms with van der Waals surface area (Å²) in [5.74, 6) is 0. The fraction of sp³-hybridized carbons (Fsp3) is 1.00. The van der Waals surface area contributed by atoms with Crippen molar-refractivity contribution in [3.63, 3.8) is 0 Å². The van der Waals surface area contributed by atoms with Crippen LogP contribution in [0.1, 0.15) is 6.42 Å². The van der Waals surface area contributed by atoms with Crippen LogP contribution in [-0.2, 0) is 9.57 Å². The molecule has 0 aliphatic carbocycles. The third-order valence-corrected chi connectivity index (χ3v) is 0.904. The quantitative estimate of drug-likeness (QED) is 0.425. The molecule has 0 spiro atoms. The summed E-state index contributed by atoms with van der Waals surface area (Å²) in [4.78, 5) is 4.83. The molecule has 0 atom stereocenters. The molecule has 0 fully saturated rings. The zero-order valence-corrected chi connectivity index (χ0v) is 6.23. The minimum Gasteiger partial charge on any atom is -0.382 e. The number of hydrogen-bond acceptors (Lipinski definition) is 3. The Kier molecular flexibility index (Phi) is 8.64. The van der Waals surface area contributed by atoms with Gasteiger partial charge in [-0.15, -0.1) is 0 Å². The predicted molar refractivity (Wildman–Crippen MR) is 36.4 cm³/mol. The van der Waals surface area contributed by atoms with Crippen molar-refractivity contribution >= 4 is 0 Å². The summed E-state index contributed by atoms with van der Waals surface area (Å²) in [6.07, 6.45) is 0.493. The molecule has 0 bridgehead atoms. The number of rotatable bonds is 7. The fourth-order valence-corrected chi connectivity index (χ4v) is 0.408. The Morgan fingerprint density at radius 1 is 1.40 bits per heavy atom. The average molecular weight is 151 g/mol. The lowest BCUT2D eigenvalue weighted by Crippen LogP contribution is -2.18. The van der Waals surface area contributed by atoms with Crippen LogP contribution in [0.25, 0.3) is 0 Å². The van der Waals surface area contributed by atoms with Crippen LogP contribution >= 0.6 is 0 Å². The van der Waals surface area contributed by atoms with Gasteiger partial charge < -0.3 is 4.74 Å². The van der Waals surface area contributed by atoms with E-state index < -0.39 is 0 Å². The molecule has 0 saturated carbocycles. The zero-order chi connectivity index (χ0) is 7.66. The van der Waals surface area contributed by atoms with Gasteiger partial charge in [-0.25, -0.2) is 5.48 Å². The zero-order valence-electron chi connectivity index (χ0n) is 6.23. The van der Waals surface area contributed by atoms with E-state index in [0.717, 1.165) is 0 Å². The van der Waals surface area contributed by atoms with E-state index in [-0.39, 0.29) is 6.67 Å². The molecule has 0 unspecified atom stereocenters. The monoisotopic (exact) mass is 151 g/mol. The van der Waals surface area contributed by atoms with Gasteiger partial charge in [0.25, 0.3) is 0 Å². The molecule has 0 aromatic heterocycles. The van der Waals surface area contributed by atoms with Gasteiger partial charge in [-0.1, -0.05) is 0 Å². The number of alkyl halides is 1. The van der Waals surface area contributed by atoms with Crippen molar-refractivity contribution in [2.45, 2.75) is 6.42 Å². The molecule has 0 aromatic rings. The average Bonchev–Trinajstić information content (AvgIpc) is 1.97. The lowest BCUT2D eigenvalue weighted by atomic mass is 10.5. The van der Waals surface area contributed by atoms with Crippen LogP contribution in [0.5, 0.6) is 0 Å². The van der Waals surface area contributed by atoms with Gasteiger partial charge in [-0.3, -0.25) is 9.23 Å². The maximum atomic E-state index is 11.4. The number of methoxy groups -OCH3 is 1. The predicted octanol–water partition coefficient (Wildman–Crippen LogP) is 0.514. The highest BCUT2D eigenvalue weighted by molar-refractivity contribution is 4.33. The second-order valence-corrected chi connectivity index (χ2v) is 1.78. The van der Waals surface area contributed by atoms with Gasteiger partial charge in [0, 0.05) is 13.7 Å². The van der Waals surface area contributed by atoms with Crippen molar-refractivity contribution in [1.82, 2.24) is 5.48 Å².